The summed E-state index contributed by atoms with van der Waals surface area (Å²) in [5.74, 6) is 0. The summed E-state index contributed by atoms with van der Waals surface area (Å²) in [6.07, 6.45) is 0.555. The molecule has 2 saturated heterocycles. The molecule has 2 heterocycles. The van der Waals surface area contributed by atoms with Crippen LogP contribution in [-0.4, -0.2) is 62.6 Å². The van der Waals surface area contributed by atoms with E-state index in [9.17, 15) is 0 Å². The van der Waals surface area contributed by atoms with E-state index in [1.807, 2.05) is 0 Å². The molecule has 4 heteroatoms. The van der Waals surface area contributed by atoms with Crippen LogP contribution in [0.15, 0.2) is 0 Å². The van der Waals surface area contributed by atoms with E-state index in [0.29, 0.717) is 0 Å². The Bertz CT molecular complexity index is 147. The summed E-state index contributed by atoms with van der Waals surface area (Å²) >= 11 is 0. The Balaban J connectivity index is 1.98. The molecule has 4 nitrogen and oxygen atoms in total. The van der Waals surface area contributed by atoms with Gasteiger partial charge in [-0.1, -0.05) is 0 Å². The zero-order valence-electron chi connectivity index (χ0n) is 7.69. The summed E-state index contributed by atoms with van der Waals surface area (Å²) in [5.41, 5.74) is 0. The average Bonchev–Trinajstić information content (AvgIpc) is 2.07. The van der Waals surface area contributed by atoms with Crippen molar-refractivity contribution in [2.24, 2.45) is 0 Å². The Kier molecular flexibility index (Phi) is 2.32. The van der Waals surface area contributed by atoms with Crippen molar-refractivity contribution in [3.63, 3.8) is 0 Å². The Labute approximate surface area is 73.0 Å². The standard InChI is InChI=1S/C8H16N2O2/c1-9-5-7-8(6-10(9)2)12-4-3-11-7/h7-8H,3-6H2,1-2H3. The van der Waals surface area contributed by atoms with Gasteiger partial charge in [-0.05, 0) is 0 Å². The molecule has 0 aromatic carbocycles. The molecule has 0 bridgehead atoms. The van der Waals surface area contributed by atoms with E-state index >= 15 is 0 Å². The van der Waals surface area contributed by atoms with Crippen molar-refractivity contribution in [3.05, 3.63) is 0 Å². The average molecular weight is 172 g/mol. The van der Waals surface area contributed by atoms with Crippen LogP contribution in [0.5, 0.6) is 0 Å². The zero-order chi connectivity index (χ0) is 8.55. The first-order valence-corrected chi connectivity index (χ1v) is 4.43. The smallest absolute Gasteiger partial charge is 0.0991 e. The van der Waals surface area contributed by atoms with Crippen molar-refractivity contribution in [1.29, 1.82) is 0 Å². The summed E-state index contributed by atoms with van der Waals surface area (Å²) < 4.78 is 11.2. The van der Waals surface area contributed by atoms with Crippen molar-refractivity contribution >= 4 is 0 Å². The normalized spacial score (nSPS) is 39.5. The van der Waals surface area contributed by atoms with Crippen LogP contribution in [0.25, 0.3) is 0 Å². The van der Waals surface area contributed by atoms with E-state index in [0.717, 1.165) is 26.3 Å². The molecule has 0 spiro atoms. The predicted molar refractivity (Wildman–Crippen MR) is 44.7 cm³/mol. The first-order valence-electron chi connectivity index (χ1n) is 4.43. The Hall–Kier alpha value is -0.160. The lowest BCUT2D eigenvalue weighted by Gasteiger charge is -2.44. The highest BCUT2D eigenvalue weighted by Gasteiger charge is 2.34. The second-order valence-electron chi connectivity index (χ2n) is 3.50. The predicted octanol–water partition coefficient (Wildman–Crippen LogP) is -0.437. The molecule has 0 amide bonds. The van der Waals surface area contributed by atoms with E-state index < -0.39 is 0 Å². The van der Waals surface area contributed by atoms with Gasteiger partial charge in [0.25, 0.3) is 0 Å². The van der Waals surface area contributed by atoms with Gasteiger partial charge in [0.1, 0.15) is 0 Å². The number of hydrogen-bond donors (Lipinski definition) is 0. The third-order valence-electron chi connectivity index (χ3n) is 2.63. The highest BCUT2D eigenvalue weighted by molar-refractivity contribution is 4.82. The van der Waals surface area contributed by atoms with Crippen LogP contribution in [0.3, 0.4) is 0 Å². The Morgan fingerprint density at radius 1 is 0.917 bits per heavy atom. The van der Waals surface area contributed by atoms with Gasteiger partial charge in [-0.2, -0.15) is 0 Å². The second-order valence-corrected chi connectivity index (χ2v) is 3.50. The van der Waals surface area contributed by atoms with Crippen LogP contribution in [0, 0.1) is 0 Å². The quantitative estimate of drug-likeness (QED) is 0.494. The molecule has 2 rings (SSSR count). The lowest BCUT2D eigenvalue weighted by Crippen LogP contribution is -2.59. The maximum Gasteiger partial charge on any atom is 0.0991 e. The van der Waals surface area contributed by atoms with E-state index in [1.54, 1.807) is 0 Å². The molecule has 0 saturated carbocycles. The molecular weight excluding hydrogens is 156 g/mol. The van der Waals surface area contributed by atoms with Crippen LogP contribution >= 0.6 is 0 Å². The molecule has 0 aliphatic carbocycles. The van der Waals surface area contributed by atoms with Crippen molar-refractivity contribution < 1.29 is 9.47 Å². The lowest BCUT2D eigenvalue weighted by atomic mass is 10.1. The van der Waals surface area contributed by atoms with Crippen LogP contribution in [0.1, 0.15) is 0 Å². The topological polar surface area (TPSA) is 24.9 Å². The first-order chi connectivity index (χ1) is 5.77. The molecule has 0 N–H and O–H groups in total. The molecule has 2 atom stereocenters. The number of rotatable bonds is 0. The van der Waals surface area contributed by atoms with E-state index in [2.05, 4.69) is 24.1 Å². The number of hydrogen-bond acceptors (Lipinski definition) is 4. The van der Waals surface area contributed by atoms with Crippen molar-refractivity contribution in [1.82, 2.24) is 10.0 Å². The van der Waals surface area contributed by atoms with Gasteiger partial charge >= 0.3 is 0 Å². The molecule has 2 fully saturated rings. The fourth-order valence-corrected chi connectivity index (χ4v) is 1.75. The molecule has 0 aromatic rings. The molecule has 12 heavy (non-hydrogen) atoms. The summed E-state index contributed by atoms with van der Waals surface area (Å²) in [5, 5.41) is 4.35. The van der Waals surface area contributed by atoms with E-state index in [4.69, 9.17) is 9.47 Å². The SMILES string of the molecule is CN1CC2OCCOC2CN1C. The fraction of sp³-hybridized carbons (Fsp3) is 1.00. The minimum absolute atomic E-state index is 0.278. The van der Waals surface area contributed by atoms with Gasteiger partial charge in [0.05, 0.1) is 25.4 Å². The zero-order valence-corrected chi connectivity index (χ0v) is 7.69. The van der Waals surface area contributed by atoms with Crippen LogP contribution in [0.4, 0.5) is 0 Å². The molecule has 2 aliphatic heterocycles. The number of hydrazine groups is 1. The highest BCUT2D eigenvalue weighted by Crippen LogP contribution is 2.17. The summed E-state index contributed by atoms with van der Waals surface area (Å²) in [4.78, 5) is 0. The minimum atomic E-state index is 0.278. The van der Waals surface area contributed by atoms with Gasteiger partial charge in [-0.3, -0.25) is 0 Å². The molecule has 2 unspecified atom stereocenters. The van der Waals surface area contributed by atoms with Crippen molar-refractivity contribution in [3.8, 4) is 0 Å². The Morgan fingerprint density at radius 2 is 1.33 bits per heavy atom. The maximum absolute atomic E-state index is 5.61. The maximum atomic E-state index is 5.61. The van der Waals surface area contributed by atoms with Crippen LogP contribution < -0.4 is 0 Å². The van der Waals surface area contributed by atoms with Gasteiger partial charge in [0, 0.05) is 27.2 Å². The summed E-state index contributed by atoms with van der Waals surface area (Å²) in [6.45, 7) is 3.39. The van der Waals surface area contributed by atoms with Gasteiger partial charge in [-0.25, -0.2) is 10.0 Å². The number of fused-ring (bicyclic) bond motifs is 1. The number of likely N-dealkylation sites (N-methyl/N-ethyl adjacent to an activating group) is 2. The summed E-state index contributed by atoms with van der Waals surface area (Å²) in [7, 11) is 4.16. The number of ether oxygens (including phenoxy) is 2. The van der Waals surface area contributed by atoms with Crippen LogP contribution in [0.2, 0.25) is 0 Å². The van der Waals surface area contributed by atoms with Crippen LogP contribution in [-0.2, 0) is 9.47 Å². The second kappa shape index (κ2) is 3.30. The molecule has 0 radical (unpaired) electrons. The monoisotopic (exact) mass is 172 g/mol. The third-order valence-corrected chi connectivity index (χ3v) is 2.63. The minimum Gasteiger partial charge on any atom is -0.372 e. The van der Waals surface area contributed by atoms with Gasteiger partial charge in [0.2, 0.25) is 0 Å². The molecule has 0 aromatic heterocycles. The van der Waals surface area contributed by atoms with Gasteiger partial charge in [0.15, 0.2) is 0 Å². The molecule has 2 aliphatic rings. The van der Waals surface area contributed by atoms with Crippen molar-refractivity contribution in [2.75, 3.05) is 40.4 Å². The van der Waals surface area contributed by atoms with Gasteiger partial charge < -0.3 is 9.47 Å². The summed E-state index contributed by atoms with van der Waals surface area (Å²) in [6, 6.07) is 0. The Morgan fingerprint density at radius 3 is 1.75 bits per heavy atom. The van der Waals surface area contributed by atoms with E-state index in [-0.39, 0.29) is 12.2 Å². The first kappa shape index (κ1) is 8.44. The molecular formula is C8H16N2O2. The lowest BCUT2D eigenvalue weighted by molar-refractivity contribution is -0.203. The van der Waals surface area contributed by atoms with Crippen molar-refractivity contribution in [2.45, 2.75) is 12.2 Å². The highest BCUT2D eigenvalue weighted by atomic mass is 16.6. The fourth-order valence-electron chi connectivity index (χ4n) is 1.75. The number of nitrogens with zero attached hydrogens (tertiary/aromatic N) is 2. The largest absolute Gasteiger partial charge is 0.372 e. The third kappa shape index (κ3) is 1.47. The van der Waals surface area contributed by atoms with Gasteiger partial charge in [-0.15, -0.1) is 0 Å². The molecule has 70 valence electrons. The van der Waals surface area contributed by atoms with E-state index in [1.165, 1.54) is 0 Å².